The van der Waals surface area contributed by atoms with Crippen LogP contribution in [0.3, 0.4) is 0 Å². The third-order valence-electron chi connectivity index (χ3n) is 5.18. The fourth-order valence-corrected chi connectivity index (χ4v) is 3.91. The van der Waals surface area contributed by atoms with Gasteiger partial charge in [0.05, 0.1) is 10.8 Å². The predicted octanol–water partition coefficient (Wildman–Crippen LogP) is 2.93. The lowest BCUT2D eigenvalue weighted by Gasteiger charge is -2.41. The average molecular weight is 363 g/mol. The van der Waals surface area contributed by atoms with Crippen LogP contribution in [0.1, 0.15) is 23.5 Å². The van der Waals surface area contributed by atoms with Gasteiger partial charge in [-0.25, -0.2) is 0 Å². The van der Waals surface area contributed by atoms with Gasteiger partial charge in [0, 0.05) is 19.5 Å². The van der Waals surface area contributed by atoms with E-state index in [1.54, 1.807) is 11.0 Å². The minimum Gasteiger partial charge on any atom is -0.367 e. The minimum atomic E-state index is -1.30. The quantitative estimate of drug-likeness (QED) is 0.645. The van der Waals surface area contributed by atoms with E-state index in [1.807, 2.05) is 66.7 Å². The van der Waals surface area contributed by atoms with Crippen molar-refractivity contribution in [1.82, 2.24) is 10.2 Å². The number of nitrogens with one attached hydrogen (secondary N) is 1. The number of hydrogen-bond acceptors (Lipinski definition) is 5. The Labute approximate surface area is 157 Å². The number of rotatable bonds is 4. The molecule has 0 aliphatic carbocycles. The molecule has 1 saturated heterocycles. The molecule has 0 aromatic heterocycles. The van der Waals surface area contributed by atoms with Crippen molar-refractivity contribution >= 4 is 6.08 Å². The Kier molecular flexibility index (Phi) is 4.41. The lowest BCUT2D eigenvalue weighted by molar-refractivity contribution is -0.436. The maximum atomic E-state index is 11.9. The minimum absolute atomic E-state index is 0.122. The Morgan fingerprint density at radius 3 is 2.48 bits per heavy atom. The van der Waals surface area contributed by atoms with Gasteiger partial charge in [0.1, 0.15) is 0 Å². The van der Waals surface area contributed by atoms with Gasteiger partial charge in [-0.05, 0) is 17.2 Å². The Morgan fingerprint density at radius 2 is 1.81 bits per heavy atom. The molecule has 0 radical (unpaired) electrons. The lowest BCUT2D eigenvalue weighted by atomic mass is 9.83. The Hall–Kier alpha value is -3.12. The van der Waals surface area contributed by atoms with Crippen molar-refractivity contribution in [2.24, 2.45) is 0 Å². The van der Waals surface area contributed by atoms with E-state index >= 15 is 0 Å². The number of benzene rings is 2. The van der Waals surface area contributed by atoms with Crippen LogP contribution in [0, 0.1) is 10.1 Å². The molecule has 0 bridgehead atoms. The van der Waals surface area contributed by atoms with Gasteiger partial charge in [-0.2, -0.15) is 0 Å². The van der Waals surface area contributed by atoms with Crippen LogP contribution in [0.4, 0.5) is 0 Å². The second kappa shape index (κ2) is 6.89. The highest BCUT2D eigenvalue weighted by Crippen LogP contribution is 2.44. The van der Waals surface area contributed by atoms with Gasteiger partial charge in [-0.15, -0.1) is 0 Å². The topological polar surface area (TPSA) is 78.6 Å². The summed E-state index contributed by atoms with van der Waals surface area (Å²) >= 11 is 0. The summed E-state index contributed by atoms with van der Waals surface area (Å²) in [6.07, 6.45) is 3.85. The fraction of sp³-hybridized carbons (Fsp3) is 0.238. The second-order valence-corrected chi connectivity index (χ2v) is 6.86. The molecule has 2 aromatic carbocycles. The first kappa shape index (κ1) is 17.3. The van der Waals surface area contributed by atoms with Crippen molar-refractivity contribution in [3.63, 3.8) is 0 Å². The zero-order valence-corrected chi connectivity index (χ0v) is 14.8. The first-order chi connectivity index (χ1) is 13.1. The average Bonchev–Trinajstić information content (AvgIpc) is 3.18. The molecule has 2 atom stereocenters. The van der Waals surface area contributed by atoms with Crippen LogP contribution in [-0.2, 0) is 0 Å². The summed E-state index contributed by atoms with van der Waals surface area (Å²) < 4.78 is 0. The molecule has 0 amide bonds. The van der Waals surface area contributed by atoms with Crippen molar-refractivity contribution < 1.29 is 10.0 Å². The maximum Gasteiger partial charge on any atom is 0.293 e. The van der Waals surface area contributed by atoms with Crippen molar-refractivity contribution in [3.8, 4) is 0 Å². The molecule has 2 N–H and O–H groups in total. The van der Waals surface area contributed by atoms with Crippen LogP contribution in [0.5, 0.6) is 0 Å². The molecule has 4 rings (SSSR count). The highest BCUT2D eigenvalue weighted by Gasteiger charge is 2.50. The van der Waals surface area contributed by atoms with E-state index in [4.69, 9.17) is 0 Å². The molecule has 6 heteroatoms. The third kappa shape index (κ3) is 3.19. The highest BCUT2D eigenvalue weighted by atomic mass is 16.6. The molecule has 2 aliphatic rings. The van der Waals surface area contributed by atoms with E-state index < -0.39 is 11.6 Å². The normalized spacial score (nSPS) is 24.8. The van der Waals surface area contributed by atoms with Gasteiger partial charge in [0.25, 0.3) is 5.70 Å². The van der Waals surface area contributed by atoms with Gasteiger partial charge in [0.2, 0.25) is 0 Å². The van der Waals surface area contributed by atoms with Crippen molar-refractivity contribution in [2.45, 2.75) is 18.1 Å². The number of nitro groups is 1. The SMILES string of the molecule is O=[N+]([O-])C1=C2NCCN2[C@](O)(/C=C/c2ccccc2)C[C@@H]1c1ccccc1. The van der Waals surface area contributed by atoms with Crippen molar-refractivity contribution in [1.29, 1.82) is 0 Å². The molecule has 0 unspecified atom stereocenters. The van der Waals surface area contributed by atoms with Crippen LogP contribution in [0.25, 0.3) is 6.08 Å². The van der Waals surface area contributed by atoms with E-state index in [-0.39, 0.29) is 17.0 Å². The summed E-state index contributed by atoms with van der Waals surface area (Å²) in [7, 11) is 0. The molecule has 2 aliphatic heterocycles. The fourth-order valence-electron chi connectivity index (χ4n) is 3.91. The summed E-state index contributed by atoms with van der Waals surface area (Å²) in [5, 5.41) is 26.4. The van der Waals surface area contributed by atoms with Crippen LogP contribution in [0.15, 0.2) is 78.3 Å². The molecule has 138 valence electrons. The lowest BCUT2D eigenvalue weighted by Crippen LogP contribution is -2.51. The summed E-state index contributed by atoms with van der Waals surface area (Å²) in [5.41, 5.74) is 0.627. The Bertz CT molecular complexity index is 895. The van der Waals surface area contributed by atoms with Crippen LogP contribution >= 0.6 is 0 Å². The van der Waals surface area contributed by atoms with E-state index in [2.05, 4.69) is 5.32 Å². The number of nitrogens with zero attached hydrogens (tertiary/aromatic N) is 2. The number of aliphatic hydroxyl groups is 1. The molecule has 2 heterocycles. The van der Waals surface area contributed by atoms with E-state index in [0.717, 1.165) is 11.1 Å². The molecule has 0 spiro atoms. The standard InChI is InChI=1S/C21H21N3O3/c25-21(12-11-16-7-3-1-4-8-16)15-18(17-9-5-2-6-10-17)19(24(26)27)20-22-13-14-23(20)21/h1-12,18,22,25H,13-15H2/b12-11+/t18-,21+/m1/s1. The third-order valence-corrected chi connectivity index (χ3v) is 5.18. The zero-order valence-electron chi connectivity index (χ0n) is 14.8. The number of allylic oxidation sites excluding steroid dienone is 1. The van der Waals surface area contributed by atoms with E-state index in [0.29, 0.717) is 18.9 Å². The zero-order chi connectivity index (χ0) is 18.9. The maximum absolute atomic E-state index is 11.9. The molecule has 2 aromatic rings. The van der Waals surface area contributed by atoms with Crippen LogP contribution in [0.2, 0.25) is 0 Å². The van der Waals surface area contributed by atoms with Gasteiger partial charge >= 0.3 is 0 Å². The Morgan fingerprint density at radius 1 is 1.15 bits per heavy atom. The number of hydrogen-bond donors (Lipinski definition) is 2. The summed E-state index contributed by atoms with van der Waals surface area (Å²) in [4.78, 5) is 13.2. The van der Waals surface area contributed by atoms with Crippen molar-refractivity contribution in [3.05, 3.63) is 99.5 Å². The molecule has 1 fully saturated rings. The summed E-state index contributed by atoms with van der Waals surface area (Å²) in [6.45, 7) is 1.08. The predicted molar refractivity (Wildman–Crippen MR) is 103 cm³/mol. The summed E-state index contributed by atoms with van der Waals surface area (Å²) in [6, 6.07) is 19.1. The van der Waals surface area contributed by atoms with Crippen LogP contribution in [-0.4, -0.2) is 33.7 Å². The molecule has 0 saturated carbocycles. The van der Waals surface area contributed by atoms with Gasteiger partial charge < -0.3 is 15.3 Å². The number of fused-ring (bicyclic) bond motifs is 1. The van der Waals surface area contributed by atoms with Gasteiger partial charge in [-0.3, -0.25) is 10.1 Å². The largest absolute Gasteiger partial charge is 0.367 e. The van der Waals surface area contributed by atoms with Crippen molar-refractivity contribution in [2.75, 3.05) is 13.1 Å². The van der Waals surface area contributed by atoms with Gasteiger partial charge in [0.15, 0.2) is 11.5 Å². The monoisotopic (exact) mass is 363 g/mol. The Balaban J connectivity index is 1.78. The van der Waals surface area contributed by atoms with E-state index in [1.165, 1.54) is 0 Å². The first-order valence-electron chi connectivity index (χ1n) is 9.00. The molecular weight excluding hydrogens is 342 g/mol. The first-order valence-corrected chi connectivity index (χ1v) is 9.00. The smallest absolute Gasteiger partial charge is 0.293 e. The molecule has 27 heavy (non-hydrogen) atoms. The highest BCUT2D eigenvalue weighted by molar-refractivity contribution is 5.51. The molecule has 6 nitrogen and oxygen atoms in total. The van der Waals surface area contributed by atoms with Crippen LogP contribution < -0.4 is 5.32 Å². The second-order valence-electron chi connectivity index (χ2n) is 6.86. The van der Waals surface area contributed by atoms with E-state index in [9.17, 15) is 15.2 Å². The van der Waals surface area contributed by atoms with Gasteiger partial charge in [-0.1, -0.05) is 66.7 Å². The summed E-state index contributed by atoms with van der Waals surface area (Å²) in [5.74, 6) is -0.0798. The molecular formula is C21H21N3O3.